The highest BCUT2D eigenvalue weighted by atomic mass is 35.5. The SMILES string of the molecule is Cc1cc(C(F)(F)F)cc(N2C(=O)N(CCN3CCC3)C[C@H]2C(=O)N(C)c2ccc(F)c(Cl)c2F)n1. The molecule has 1 atom stereocenters. The second-order valence-corrected chi connectivity index (χ2v) is 9.13. The Morgan fingerprint density at radius 1 is 1.19 bits per heavy atom. The fourth-order valence-electron chi connectivity index (χ4n) is 4.21. The molecule has 2 aliphatic heterocycles. The highest BCUT2D eigenvalue weighted by Gasteiger charge is 2.45. The third-order valence-corrected chi connectivity index (χ3v) is 6.67. The molecule has 0 spiro atoms. The molecule has 2 saturated heterocycles. The standard InChI is InChI=1S/C23H23ClF5N5O2/c1-13-10-14(23(27,28)29)11-18(30-13)34-17(12-33(22(34)36)9-8-32-6-3-7-32)21(35)31(2)16-5-4-15(25)19(24)20(16)26/h4-5,10-11,17H,3,6-9,12H2,1-2H3/t17-/m0/s1. The van der Waals surface area contributed by atoms with Crippen molar-refractivity contribution in [2.75, 3.05) is 49.6 Å². The number of alkyl halides is 3. The lowest BCUT2D eigenvalue weighted by atomic mass is 10.1. The van der Waals surface area contributed by atoms with Gasteiger partial charge in [0.25, 0.3) is 5.91 Å². The Kier molecular flexibility index (Phi) is 7.11. The van der Waals surface area contributed by atoms with Gasteiger partial charge in [0.1, 0.15) is 22.7 Å². The number of hydrogen-bond donors (Lipinski definition) is 0. The first-order valence-corrected chi connectivity index (χ1v) is 11.5. The number of carbonyl (C=O) groups is 2. The van der Waals surface area contributed by atoms with Crippen molar-refractivity contribution in [3.8, 4) is 0 Å². The van der Waals surface area contributed by atoms with Crippen LogP contribution in [0.25, 0.3) is 0 Å². The lowest BCUT2D eigenvalue weighted by Gasteiger charge is -2.32. The average molecular weight is 532 g/mol. The lowest BCUT2D eigenvalue weighted by Crippen LogP contribution is -2.47. The Hall–Kier alpha value is -2.99. The number of nitrogens with zero attached hydrogens (tertiary/aromatic N) is 5. The van der Waals surface area contributed by atoms with Gasteiger partial charge in [0.15, 0.2) is 5.82 Å². The van der Waals surface area contributed by atoms with Crippen LogP contribution in [-0.4, -0.2) is 72.5 Å². The van der Waals surface area contributed by atoms with E-state index in [4.69, 9.17) is 11.6 Å². The van der Waals surface area contributed by atoms with E-state index in [2.05, 4.69) is 9.88 Å². The van der Waals surface area contributed by atoms with E-state index in [0.717, 1.165) is 47.5 Å². The van der Waals surface area contributed by atoms with Crippen molar-refractivity contribution < 1.29 is 31.5 Å². The summed E-state index contributed by atoms with van der Waals surface area (Å²) in [7, 11) is 1.21. The molecule has 2 aromatic rings. The molecule has 194 valence electrons. The molecule has 2 aliphatic rings. The van der Waals surface area contributed by atoms with Gasteiger partial charge < -0.3 is 14.7 Å². The molecule has 1 aromatic carbocycles. The summed E-state index contributed by atoms with van der Waals surface area (Å²) in [4.78, 5) is 36.1. The lowest BCUT2D eigenvalue weighted by molar-refractivity contribution is -0.137. The molecule has 13 heteroatoms. The number of pyridine rings is 1. The van der Waals surface area contributed by atoms with Crippen LogP contribution in [0.1, 0.15) is 17.7 Å². The van der Waals surface area contributed by atoms with Crippen molar-refractivity contribution in [3.63, 3.8) is 0 Å². The van der Waals surface area contributed by atoms with Crippen LogP contribution >= 0.6 is 11.6 Å². The smallest absolute Gasteiger partial charge is 0.320 e. The highest BCUT2D eigenvalue weighted by molar-refractivity contribution is 6.31. The molecule has 7 nitrogen and oxygen atoms in total. The Labute approximate surface area is 209 Å². The van der Waals surface area contributed by atoms with E-state index < -0.39 is 46.4 Å². The van der Waals surface area contributed by atoms with Gasteiger partial charge in [0.05, 0.1) is 17.8 Å². The molecular weight excluding hydrogens is 509 g/mol. The number of amides is 3. The maximum Gasteiger partial charge on any atom is 0.416 e. The number of likely N-dealkylation sites (N-methyl/N-ethyl adjacent to an activating group) is 1. The zero-order valence-electron chi connectivity index (χ0n) is 19.4. The number of likely N-dealkylation sites (tertiary alicyclic amines) is 1. The average Bonchev–Trinajstić information content (AvgIpc) is 3.10. The Morgan fingerprint density at radius 2 is 1.89 bits per heavy atom. The molecule has 3 amide bonds. The zero-order valence-corrected chi connectivity index (χ0v) is 20.2. The minimum Gasteiger partial charge on any atom is -0.320 e. The number of anilines is 2. The minimum atomic E-state index is -4.70. The highest BCUT2D eigenvalue weighted by Crippen LogP contribution is 2.35. The summed E-state index contributed by atoms with van der Waals surface area (Å²) >= 11 is 5.65. The van der Waals surface area contributed by atoms with Crippen LogP contribution in [0.2, 0.25) is 5.02 Å². The van der Waals surface area contributed by atoms with E-state index in [1.807, 2.05) is 0 Å². The van der Waals surface area contributed by atoms with Crippen molar-refractivity contribution in [3.05, 3.63) is 52.2 Å². The third kappa shape index (κ3) is 4.96. The van der Waals surface area contributed by atoms with Gasteiger partial charge in [-0.15, -0.1) is 0 Å². The van der Waals surface area contributed by atoms with E-state index in [-0.39, 0.29) is 30.3 Å². The summed E-state index contributed by atoms with van der Waals surface area (Å²) < 4.78 is 68.7. The number of carbonyl (C=O) groups excluding carboxylic acids is 2. The quantitative estimate of drug-likeness (QED) is 0.411. The van der Waals surface area contributed by atoms with Crippen LogP contribution < -0.4 is 9.80 Å². The number of aromatic nitrogens is 1. The topological polar surface area (TPSA) is 60.0 Å². The molecule has 4 rings (SSSR count). The first-order chi connectivity index (χ1) is 16.9. The summed E-state index contributed by atoms with van der Waals surface area (Å²) in [5.41, 5.74) is -1.36. The van der Waals surface area contributed by atoms with Gasteiger partial charge in [0, 0.05) is 25.8 Å². The first kappa shape index (κ1) is 26.1. The van der Waals surface area contributed by atoms with E-state index in [1.165, 1.54) is 18.9 Å². The predicted octanol–water partition coefficient (Wildman–Crippen LogP) is 4.32. The maximum atomic E-state index is 14.6. The molecule has 0 unspecified atom stereocenters. The summed E-state index contributed by atoms with van der Waals surface area (Å²) in [6, 6.07) is 1.45. The Bertz CT molecular complexity index is 1190. The van der Waals surface area contributed by atoms with Crippen LogP contribution in [0.3, 0.4) is 0 Å². The largest absolute Gasteiger partial charge is 0.416 e. The minimum absolute atomic E-state index is 0.00238. The van der Waals surface area contributed by atoms with Gasteiger partial charge in [-0.1, -0.05) is 11.6 Å². The van der Waals surface area contributed by atoms with Crippen molar-refractivity contribution in [1.82, 2.24) is 14.8 Å². The molecule has 0 radical (unpaired) electrons. The fourth-order valence-corrected chi connectivity index (χ4v) is 4.37. The van der Waals surface area contributed by atoms with E-state index in [0.29, 0.717) is 12.6 Å². The van der Waals surface area contributed by atoms with Crippen molar-refractivity contribution in [2.24, 2.45) is 0 Å². The number of halogens is 6. The summed E-state index contributed by atoms with van der Waals surface area (Å²) in [5.74, 6) is -3.33. The van der Waals surface area contributed by atoms with E-state index >= 15 is 0 Å². The van der Waals surface area contributed by atoms with Gasteiger partial charge in [-0.2, -0.15) is 13.2 Å². The van der Waals surface area contributed by atoms with Gasteiger partial charge in [-0.3, -0.25) is 9.69 Å². The predicted molar refractivity (Wildman–Crippen MR) is 123 cm³/mol. The van der Waals surface area contributed by atoms with Gasteiger partial charge in [-0.05, 0) is 50.7 Å². The van der Waals surface area contributed by atoms with Crippen LogP contribution in [0.4, 0.5) is 38.3 Å². The zero-order chi connectivity index (χ0) is 26.4. The number of rotatable bonds is 6. The van der Waals surface area contributed by atoms with Crippen LogP contribution in [0, 0.1) is 18.6 Å². The maximum absolute atomic E-state index is 14.6. The second-order valence-electron chi connectivity index (χ2n) is 8.75. The molecular formula is C23H23ClF5N5O2. The molecule has 1 aromatic heterocycles. The normalized spacial score (nSPS) is 18.6. The molecule has 0 aliphatic carbocycles. The number of benzene rings is 1. The number of urea groups is 1. The molecule has 0 bridgehead atoms. The Morgan fingerprint density at radius 3 is 2.50 bits per heavy atom. The molecule has 36 heavy (non-hydrogen) atoms. The monoisotopic (exact) mass is 531 g/mol. The van der Waals surface area contributed by atoms with Gasteiger partial charge in [-0.25, -0.2) is 18.6 Å². The number of aryl methyl sites for hydroxylation is 1. The molecule has 0 saturated carbocycles. The first-order valence-electron chi connectivity index (χ1n) is 11.2. The summed E-state index contributed by atoms with van der Waals surface area (Å²) in [5, 5.41) is -0.808. The van der Waals surface area contributed by atoms with Crippen LogP contribution in [-0.2, 0) is 11.0 Å². The fraction of sp³-hybridized carbons (Fsp3) is 0.435. The Balaban J connectivity index is 1.70. The second kappa shape index (κ2) is 9.81. The van der Waals surface area contributed by atoms with Crippen LogP contribution in [0.5, 0.6) is 0 Å². The molecule has 2 fully saturated rings. The third-order valence-electron chi connectivity index (χ3n) is 6.32. The summed E-state index contributed by atoms with van der Waals surface area (Å²) in [6.45, 7) is 3.72. The van der Waals surface area contributed by atoms with Crippen LogP contribution in [0.15, 0.2) is 24.3 Å². The number of hydrogen-bond acceptors (Lipinski definition) is 4. The molecule has 3 heterocycles. The molecule has 0 N–H and O–H groups in total. The van der Waals surface area contributed by atoms with Crippen molar-refractivity contribution >= 4 is 35.0 Å². The van der Waals surface area contributed by atoms with E-state index in [9.17, 15) is 31.5 Å². The van der Waals surface area contributed by atoms with Crippen molar-refractivity contribution in [1.29, 1.82) is 0 Å². The summed E-state index contributed by atoms with van der Waals surface area (Å²) in [6.07, 6.45) is -3.67. The van der Waals surface area contributed by atoms with Crippen molar-refractivity contribution in [2.45, 2.75) is 25.6 Å². The van der Waals surface area contributed by atoms with E-state index in [1.54, 1.807) is 0 Å². The van der Waals surface area contributed by atoms with Gasteiger partial charge in [0.2, 0.25) is 0 Å². The van der Waals surface area contributed by atoms with Gasteiger partial charge >= 0.3 is 12.2 Å².